The Morgan fingerprint density at radius 2 is 0.932 bits per heavy atom. The highest BCUT2D eigenvalue weighted by Gasteiger charge is 2.34. The van der Waals surface area contributed by atoms with Crippen LogP contribution >= 0.6 is 0 Å². The van der Waals surface area contributed by atoms with E-state index < -0.39 is 0 Å². The summed E-state index contributed by atoms with van der Waals surface area (Å²) in [5.41, 5.74) is 10.3. The van der Waals surface area contributed by atoms with Crippen molar-refractivity contribution in [3.8, 4) is 40.2 Å². The SMILES string of the molecule is c1ccc(-c2nc(-c3ccccc3)nc(-n3c4ccc(N5c6ccccc6OC5c5ccccc5)cc4c4cc5c(cc43)c3ccccc3n5-c3ccccc3)n2)cc1. The van der Waals surface area contributed by atoms with Crippen molar-refractivity contribution in [2.24, 2.45) is 0 Å². The van der Waals surface area contributed by atoms with E-state index in [4.69, 9.17) is 19.7 Å². The molecule has 59 heavy (non-hydrogen) atoms. The van der Waals surface area contributed by atoms with Gasteiger partial charge < -0.3 is 9.30 Å². The molecule has 278 valence electrons. The molecule has 1 aliphatic heterocycles. The Hall–Kier alpha value is -8.03. The number of para-hydroxylation sites is 4. The Morgan fingerprint density at radius 1 is 0.390 bits per heavy atom. The molecule has 0 N–H and O–H groups in total. The van der Waals surface area contributed by atoms with Crippen LogP contribution in [0.15, 0.2) is 200 Å². The second-order valence-corrected chi connectivity index (χ2v) is 14.8. The summed E-state index contributed by atoms with van der Waals surface area (Å²) >= 11 is 0. The first-order chi connectivity index (χ1) is 29.3. The minimum absolute atomic E-state index is 0.336. The van der Waals surface area contributed by atoms with Crippen molar-refractivity contribution < 1.29 is 4.74 Å². The average molecular weight is 759 g/mol. The lowest BCUT2D eigenvalue weighted by molar-refractivity contribution is 0.240. The molecule has 4 heterocycles. The molecule has 1 unspecified atom stereocenters. The molecule has 0 amide bonds. The molecule has 1 atom stereocenters. The molecule has 0 spiro atoms. The van der Waals surface area contributed by atoms with Gasteiger partial charge in [-0.3, -0.25) is 9.47 Å². The summed E-state index contributed by atoms with van der Waals surface area (Å²) < 4.78 is 11.3. The van der Waals surface area contributed by atoms with E-state index in [-0.39, 0.29) is 6.23 Å². The van der Waals surface area contributed by atoms with E-state index in [1.807, 2.05) is 78.9 Å². The lowest BCUT2D eigenvalue weighted by Gasteiger charge is -2.26. The summed E-state index contributed by atoms with van der Waals surface area (Å²) in [6.07, 6.45) is -0.336. The van der Waals surface area contributed by atoms with Crippen LogP contribution in [-0.4, -0.2) is 24.1 Å². The lowest BCUT2D eigenvalue weighted by atomic mass is 10.1. The largest absolute Gasteiger partial charge is 0.464 e. The first-order valence-corrected chi connectivity index (χ1v) is 19.8. The standard InChI is InChI=1S/C52H34N6O/c1-5-17-34(18-6-1)49-53-50(35-19-7-2-8-20-35)55-52(54-49)58-44-30-29-38(57-45-27-15-16-28-48(45)59-51(57)36-21-9-3-10-22-36)31-40(44)42-33-46-41(32-47(42)58)39-25-13-14-26-43(39)56(46)37-23-11-4-12-24-37/h1-33,51H. The zero-order valence-corrected chi connectivity index (χ0v) is 31.7. The average Bonchev–Trinajstić information content (AvgIpc) is 3.97. The van der Waals surface area contributed by atoms with Gasteiger partial charge in [0.1, 0.15) is 5.75 Å². The highest BCUT2D eigenvalue weighted by Crippen LogP contribution is 2.49. The predicted octanol–water partition coefficient (Wildman–Crippen LogP) is 12.6. The summed E-state index contributed by atoms with van der Waals surface area (Å²) in [6, 6.07) is 69.6. The third-order valence-electron chi connectivity index (χ3n) is 11.4. The number of aromatic nitrogens is 5. The van der Waals surface area contributed by atoms with Gasteiger partial charge in [-0.1, -0.05) is 140 Å². The van der Waals surface area contributed by atoms with Crippen molar-refractivity contribution in [1.82, 2.24) is 24.1 Å². The van der Waals surface area contributed by atoms with Gasteiger partial charge >= 0.3 is 0 Å². The maximum atomic E-state index is 6.69. The zero-order chi connectivity index (χ0) is 38.9. The van der Waals surface area contributed by atoms with Crippen molar-refractivity contribution in [2.45, 2.75) is 6.23 Å². The first kappa shape index (κ1) is 33.1. The molecule has 3 aromatic heterocycles. The van der Waals surface area contributed by atoms with E-state index in [1.54, 1.807) is 0 Å². The highest BCUT2D eigenvalue weighted by atomic mass is 16.5. The van der Waals surface area contributed by atoms with E-state index in [0.717, 1.165) is 77.7 Å². The Labute approximate surface area is 339 Å². The molecule has 11 aromatic rings. The third kappa shape index (κ3) is 5.32. The lowest BCUT2D eigenvalue weighted by Crippen LogP contribution is -2.22. The van der Waals surface area contributed by atoms with Crippen LogP contribution in [0, 0.1) is 0 Å². The van der Waals surface area contributed by atoms with Gasteiger partial charge in [0, 0.05) is 49.6 Å². The van der Waals surface area contributed by atoms with Crippen molar-refractivity contribution in [3.05, 3.63) is 206 Å². The second-order valence-electron chi connectivity index (χ2n) is 14.8. The minimum atomic E-state index is -0.336. The van der Waals surface area contributed by atoms with E-state index in [9.17, 15) is 0 Å². The normalized spacial score (nSPS) is 13.7. The molecule has 0 saturated carbocycles. The van der Waals surface area contributed by atoms with Crippen LogP contribution in [0.4, 0.5) is 11.4 Å². The van der Waals surface area contributed by atoms with Gasteiger partial charge in [0.15, 0.2) is 11.6 Å². The number of ether oxygens (including phenoxy) is 1. The number of fused-ring (bicyclic) bond motifs is 7. The van der Waals surface area contributed by atoms with Crippen LogP contribution < -0.4 is 9.64 Å². The van der Waals surface area contributed by atoms with E-state index in [1.165, 1.54) is 5.39 Å². The van der Waals surface area contributed by atoms with E-state index >= 15 is 0 Å². The van der Waals surface area contributed by atoms with Crippen LogP contribution in [-0.2, 0) is 0 Å². The Bertz CT molecular complexity index is 3300. The summed E-state index contributed by atoms with van der Waals surface area (Å²) in [7, 11) is 0. The summed E-state index contributed by atoms with van der Waals surface area (Å²) in [4.78, 5) is 17.8. The Kier molecular flexibility index (Phi) is 7.46. The van der Waals surface area contributed by atoms with Crippen molar-refractivity contribution in [2.75, 3.05) is 4.90 Å². The van der Waals surface area contributed by atoms with Crippen LogP contribution in [0.3, 0.4) is 0 Å². The fourth-order valence-electron chi connectivity index (χ4n) is 8.75. The monoisotopic (exact) mass is 758 g/mol. The molecule has 12 rings (SSSR count). The van der Waals surface area contributed by atoms with Gasteiger partial charge in [0.25, 0.3) is 0 Å². The van der Waals surface area contributed by atoms with Gasteiger partial charge in [0.05, 0.1) is 27.8 Å². The van der Waals surface area contributed by atoms with E-state index in [0.29, 0.717) is 17.6 Å². The number of benzene rings is 8. The smallest absolute Gasteiger partial charge is 0.238 e. The number of anilines is 2. The quantitative estimate of drug-likeness (QED) is 0.169. The summed E-state index contributed by atoms with van der Waals surface area (Å²) in [5.74, 6) is 2.62. The fourth-order valence-corrected chi connectivity index (χ4v) is 8.75. The molecule has 0 bridgehead atoms. The molecule has 8 aromatic carbocycles. The second kappa shape index (κ2) is 13.3. The van der Waals surface area contributed by atoms with Crippen LogP contribution in [0.25, 0.3) is 78.0 Å². The topological polar surface area (TPSA) is 61.0 Å². The van der Waals surface area contributed by atoms with Gasteiger partial charge in [0.2, 0.25) is 12.2 Å². The van der Waals surface area contributed by atoms with Crippen molar-refractivity contribution in [3.63, 3.8) is 0 Å². The van der Waals surface area contributed by atoms with Crippen molar-refractivity contribution in [1.29, 1.82) is 0 Å². The summed E-state index contributed by atoms with van der Waals surface area (Å²) in [6.45, 7) is 0. The number of hydrogen-bond donors (Lipinski definition) is 0. The van der Waals surface area contributed by atoms with Crippen molar-refractivity contribution >= 4 is 55.0 Å². The van der Waals surface area contributed by atoms with E-state index in [2.05, 4.69) is 135 Å². The number of rotatable bonds is 6. The summed E-state index contributed by atoms with van der Waals surface area (Å²) in [5, 5.41) is 4.48. The minimum Gasteiger partial charge on any atom is -0.464 e. The zero-order valence-electron chi connectivity index (χ0n) is 31.7. The van der Waals surface area contributed by atoms with Gasteiger partial charge in [-0.15, -0.1) is 0 Å². The van der Waals surface area contributed by atoms with Gasteiger partial charge in [-0.2, -0.15) is 9.97 Å². The molecule has 0 radical (unpaired) electrons. The Balaban J connectivity index is 1.18. The molecule has 0 aliphatic carbocycles. The molecule has 0 saturated heterocycles. The molecular weight excluding hydrogens is 725 g/mol. The van der Waals surface area contributed by atoms with Crippen LogP contribution in [0.1, 0.15) is 11.8 Å². The number of hydrogen-bond acceptors (Lipinski definition) is 5. The third-order valence-corrected chi connectivity index (χ3v) is 11.4. The number of nitrogens with zero attached hydrogens (tertiary/aromatic N) is 6. The first-order valence-electron chi connectivity index (χ1n) is 19.8. The fraction of sp³-hybridized carbons (Fsp3) is 0.0192. The van der Waals surface area contributed by atoms with Gasteiger partial charge in [-0.05, 0) is 60.7 Å². The van der Waals surface area contributed by atoms with Gasteiger partial charge in [-0.25, -0.2) is 4.98 Å². The maximum Gasteiger partial charge on any atom is 0.238 e. The molecule has 7 heteroatoms. The van der Waals surface area contributed by atoms with Crippen LogP contribution in [0.2, 0.25) is 0 Å². The molecule has 1 aliphatic rings. The molecular formula is C52H34N6O. The maximum absolute atomic E-state index is 6.69. The molecule has 7 nitrogen and oxygen atoms in total. The van der Waals surface area contributed by atoms with Crippen LogP contribution in [0.5, 0.6) is 5.75 Å². The molecule has 0 fully saturated rings. The Morgan fingerprint density at radius 3 is 1.64 bits per heavy atom. The highest BCUT2D eigenvalue weighted by molar-refractivity contribution is 6.19. The predicted molar refractivity (Wildman–Crippen MR) is 238 cm³/mol.